The number of nitrogens with one attached hydrogen (secondary N) is 2. The topological polar surface area (TPSA) is 84.5 Å². The first-order valence-electron chi connectivity index (χ1n) is 8.39. The highest BCUT2D eigenvalue weighted by molar-refractivity contribution is 6.36. The van der Waals surface area contributed by atoms with Gasteiger partial charge in [0, 0.05) is 11.6 Å². The van der Waals surface area contributed by atoms with E-state index in [-0.39, 0.29) is 16.5 Å². The van der Waals surface area contributed by atoms with Crippen molar-refractivity contribution in [3.63, 3.8) is 0 Å². The summed E-state index contributed by atoms with van der Waals surface area (Å²) < 4.78 is 5.19. The second-order valence-electron chi connectivity index (χ2n) is 6.25. The Morgan fingerprint density at radius 1 is 1.15 bits per heavy atom. The highest BCUT2D eigenvalue weighted by Gasteiger charge is 2.28. The number of carbonyl (C=O) groups excluding carboxylic acids is 3. The van der Waals surface area contributed by atoms with Gasteiger partial charge in [-0.2, -0.15) is 0 Å². The molecule has 0 aliphatic rings. The van der Waals surface area contributed by atoms with Crippen molar-refractivity contribution in [2.75, 3.05) is 6.54 Å². The van der Waals surface area contributed by atoms with E-state index >= 15 is 0 Å². The Kier molecular flexibility index (Phi) is 8.88. The van der Waals surface area contributed by atoms with Gasteiger partial charge in [0.05, 0.1) is 10.6 Å². The predicted molar refractivity (Wildman–Crippen MR) is 101 cm³/mol. The zero-order chi connectivity index (χ0) is 19.9. The molecule has 8 heteroatoms. The predicted octanol–water partition coefficient (Wildman–Crippen LogP) is 3.21. The molecule has 144 valence electrons. The lowest BCUT2D eigenvalue weighted by molar-refractivity contribution is -0.156. The number of benzene rings is 1. The molecule has 6 nitrogen and oxygen atoms in total. The lowest BCUT2D eigenvalue weighted by Crippen LogP contribution is -2.45. The average Bonchev–Trinajstić information content (AvgIpc) is 2.53. The Morgan fingerprint density at radius 3 is 2.35 bits per heavy atom. The first-order chi connectivity index (χ1) is 12.1. The van der Waals surface area contributed by atoms with Gasteiger partial charge in [0.1, 0.15) is 6.04 Å². The third-order valence-electron chi connectivity index (χ3n) is 3.49. The van der Waals surface area contributed by atoms with E-state index in [1.807, 2.05) is 13.8 Å². The maximum Gasteiger partial charge on any atom is 0.329 e. The molecule has 0 bridgehead atoms. The lowest BCUT2D eigenvalue weighted by atomic mass is 10.0. The van der Waals surface area contributed by atoms with Gasteiger partial charge >= 0.3 is 5.97 Å². The van der Waals surface area contributed by atoms with E-state index in [2.05, 4.69) is 10.6 Å². The van der Waals surface area contributed by atoms with Gasteiger partial charge in [-0.15, -0.1) is 0 Å². The smallest absolute Gasteiger partial charge is 0.329 e. The van der Waals surface area contributed by atoms with Crippen LogP contribution in [-0.4, -0.2) is 36.5 Å². The molecule has 2 amide bonds. The Bertz CT molecular complexity index is 665. The molecular weight excluding hydrogens is 379 g/mol. The number of carbonyl (C=O) groups is 3. The fourth-order valence-corrected chi connectivity index (χ4v) is 2.72. The average molecular weight is 403 g/mol. The molecular formula is C18H24Cl2N2O4. The van der Waals surface area contributed by atoms with Gasteiger partial charge in [-0.05, 0) is 44.4 Å². The number of hydrogen-bond donors (Lipinski definition) is 2. The van der Waals surface area contributed by atoms with Gasteiger partial charge in [0.15, 0.2) is 6.10 Å². The van der Waals surface area contributed by atoms with Crippen molar-refractivity contribution in [3.05, 3.63) is 33.8 Å². The summed E-state index contributed by atoms with van der Waals surface area (Å²) in [6, 6.07) is 3.57. The number of ether oxygens (including phenoxy) is 1. The summed E-state index contributed by atoms with van der Waals surface area (Å²) >= 11 is 11.9. The van der Waals surface area contributed by atoms with Crippen LogP contribution >= 0.6 is 23.2 Å². The number of likely N-dealkylation sites (N-methyl/N-ethyl adjacent to an activating group) is 1. The van der Waals surface area contributed by atoms with Crippen LogP contribution in [0.2, 0.25) is 10.0 Å². The molecule has 26 heavy (non-hydrogen) atoms. The van der Waals surface area contributed by atoms with Crippen molar-refractivity contribution in [2.45, 2.75) is 46.3 Å². The van der Waals surface area contributed by atoms with E-state index < -0.39 is 29.9 Å². The fraction of sp³-hybridized carbons (Fsp3) is 0.500. The second kappa shape index (κ2) is 10.4. The van der Waals surface area contributed by atoms with Crippen molar-refractivity contribution in [1.29, 1.82) is 0 Å². The molecule has 1 aromatic rings. The quantitative estimate of drug-likeness (QED) is 0.653. The molecule has 0 saturated carbocycles. The molecule has 2 N–H and O–H groups in total. The van der Waals surface area contributed by atoms with E-state index in [1.165, 1.54) is 25.1 Å². The molecule has 0 heterocycles. The maximum absolute atomic E-state index is 12.5. The summed E-state index contributed by atoms with van der Waals surface area (Å²) in [4.78, 5) is 36.6. The maximum atomic E-state index is 12.5. The minimum atomic E-state index is -0.951. The van der Waals surface area contributed by atoms with Crippen molar-refractivity contribution in [2.24, 2.45) is 5.92 Å². The summed E-state index contributed by atoms with van der Waals surface area (Å²) in [5.74, 6) is -1.46. The highest BCUT2D eigenvalue weighted by Crippen LogP contribution is 2.21. The number of rotatable bonds is 8. The molecule has 0 unspecified atom stereocenters. The van der Waals surface area contributed by atoms with Crippen molar-refractivity contribution in [1.82, 2.24) is 10.6 Å². The van der Waals surface area contributed by atoms with E-state index in [9.17, 15) is 14.4 Å². The monoisotopic (exact) mass is 402 g/mol. The number of halogens is 2. The van der Waals surface area contributed by atoms with E-state index in [0.29, 0.717) is 18.0 Å². The van der Waals surface area contributed by atoms with Crippen LogP contribution in [-0.2, 0) is 14.3 Å². The van der Waals surface area contributed by atoms with E-state index in [4.69, 9.17) is 27.9 Å². The van der Waals surface area contributed by atoms with Gasteiger partial charge < -0.3 is 15.4 Å². The molecule has 0 radical (unpaired) electrons. The Labute approximate surface area is 163 Å². The standard InChI is InChI=1S/C18H24Cl2N2O4/c1-5-21-16(23)11(4)26-18(25)15(8-10(2)3)22-17(24)13-7-6-12(19)9-14(13)20/h6-7,9-11,15H,5,8H2,1-4H3,(H,21,23)(H,22,24)/t11-,15-/m0/s1. The first kappa shape index (κ1) is 22.3. The molecule has 0 aromatic heterocycles. The van der Waals surface area contributed by atoms with Gasteiger partial charge in [-0.1, -0.05) is 37.0 Å². The molecule has 0 aliphatic heterocycles. The number of esters is 1. The van der Waals surface area contributed by atoms with Crippen LogP contribution in [0.4, 0.5) is 0 Å². The molecule has 0 saturated heterocycles. The summed E-state index contributed by atoms with van der Waals surface area (Å²) in [5, 5.41) is 5.79. The molecule has 0 aliphatic carbocycles. The third-order valence-corrected chi connectivity index (χ3v) is 4.03. The van der Waals surface area contributed by atoms with Crippen molar-refractivity contribution in [3.8, 4) is 0 Å². The van der Waals surface area contributed by atoms with Gasteiger partial charge in [0.25, 0.3) is 11.8 Å². The summed E-state index contributed by atoms with van der Waals surface area (Å²) in [6.45, 7) is 7.50. The summed E-state index contributed by atoms with van der Waals surface area (Å²) in [5.41, 5.74) is 0.203. The van der Waals surface area contributed by atoms with Gasteiger partial charge in [0.2, 0.25) is 0 Å². The Morgan fingerprint density at radius 2 is 1.81 bits per heavy atom. The van der Waals surface area contributed by atoms with Crippen molar-refractivity contribution < 1.29 is 19.1 Å². The summed E-state index contributed by atoms with van der Waals surface area (Å²) in [7, 11) is 0. The minimum Gasteiger partial charge on any atom is -0.451 e. The van der Waals surface area contributed by atoms with Crippen LogP contribution < -0.4 is 10.6 Å². The lowest BCUT2D eigenvalue weighted by Gasteiger charge is -2.22. The Balaban J connectivity index is 2.87. The molecule has 0 spiro atoms. The summed E-state index contributed by atoms with van der Waals surface area (Å²) in [6.07, 6.45) is -0.592. The number of amides is 2. The van der Waals surface area contributed by atoms with E-state index in [0.717, 1.165) is 0 Å². The highest BCUT2D eigenvalue weighted by atomic mass is 35.5. The zero-order valence-electron chi connectivity index (χ0n) is 15.3. The normalized spacial score (nSPS) is 13.0. The van der Waals surface area contributed by atoms with Crippen LogP contribution in [0.25, 0.3) is 0 Å². The molecule has 0 fully saturated rings. The zero-order valence-corrected chi connectivity index (χ0v) is 16.8. The van der Waals surface area contributed by atoms with Gasteiger partial charge in [-0.25, -0.2) is 4.79 Å². The molecule has 2 atom stereocenters. The fourth-order valence-electron chi connectivity index (χ4n) is 2.22. The van der Waals surface area contributed by atoms with Crippen LogP contribution in [0.1, 0.15) is 44.5 Å². The van der Waals surface area contributed by atoms with Crippen LogP contribution in [0.15, 0.2) is 18.2 Å². The first-order valence-corrected chi connectivity index (χ1v) is 9.15. The van der Waals surface area contributed by atoms with Crippen LogP contribution in [0, 0.1) is 5.92 Å². The second-order valence-corrected chi connectivity index (χ2v) is 7.10. The van der Waals surface area contributed by atoms with Crippen LogP contribution in [0.5, 0.6) is 0 Å². The number of hydrogen-bond acceptors (Lipinski definition) is 4. The Hall–Kier alpha value is -1.79. The van der Waals surface area contributed by atoms with Crippen LogP contribution in [0.3, 0.4) is 0 Å². The van der Waals surface area contributed by atoms with E-state index in [1.54, 1.807) is 6.92 Å². The third kappa shape index (κ3) is 6.84. The molecule has 1 aromatic carbocycles. The molecule has 1 rings (SSSR count). The van der Waals surface area contributed by atoms with Crippen molar-refractivity contribution >= 4 is 41.0 Å². The minimum absolute atomic E-state index is 0.119. The SMILES string of the molecule is CCNC(=O)[C@H](C)OC(=O)[C@H](CC(C)C)NC(=O)c1ccc(Cl)cc1Cl. The van der Waals surface area contributed by atoms with Gasteiger partial charge in [-0.3, -0.25) is 9.59 Å². The largest absolute Gasteiger partial charge is 0.451 e.